The number of nitrogens with one attached hydrogen (secondary N) is 1. The lowest BCUT2D eigenvalue weighted by atomic mass is 9.73. The Balaban J connectivity index is 2.15. The quantitative estimate of drug-likeness (QED) is 0.731. The smallest absolute Gasteiger partial charge is 0.0455 e. The molecule has 1 aromatic rings. The van der Waals surface area contributed by atoms with Crippen molar-refractivity contribution in [3.8, 4) is 0 Å². The Labute approximate surface area is 130 Å². The highest BCUT2D eigenvalue weighted by atomic mass is 79.9. The third-order valence-electron chi connectivity index (χ3n) is 4.23. The molecule has 2 rings (SSSR count). The summed E-state index contributed by atoms with van der Waals surface area (Å²) < 4.78 is 1.29. The van der Waals surface area contributed by atoms with Crippen molar-refractivity contribution in [3.05, 3.63) is 20.8 Å². The molecular formula is C16H26BrNS. The zero-order valence-corrected chi connectivity index (χ0v) is 14.7. The van der Waals surface area contributed by atoms with Gasteiger partial charge in [-0.3, -0.25) is 0 Å². The van der Waals surface area contributed by atoms with Gasteiger partial charge in [0.2, 0.25) is 0 Å². The van der Waals surface area contributed by atoms with Gasteiger partial charge in [0.1, 0.15) is 0 Å². The van der Waals surface area contributed by atoms with Crippen molar-refractivity contribution in [2.24, 2.45) is 17.8 Å². The van der Waals surface area contributed by atoms with Gasteiger partial charge in [-0.1, -0.05) is 20.8 Å². The Morgan fingerprint density at radius 2 is 2.00 bits per heavy atom. The molecule has 0 bridgehead atoms. The van der Waals surface area contributed by atoms with E-state index in [0.717, 1.165) is 24.3 Å². The predicted octanol–water partition coefficient (Wildman–Crippen LogP) is 5.62. The van der Waals surface area contributed by atoms with E-state index in [9.17, 15) is 0 Å². The molecule has 3 atom stereocenters. The van der Waals surface area contributed by atoms with E-state index >= 15 is 0 Å². The first kappa shape index (κ1) is 15.5. The highest BCUT2D eigenvalue weighted by molar-refractivity contribution is 9.10. The van der Waals surface area contributed by atoms with E-state index in [2.05, 4.69) is 53.5 Å². The van der Waals surface area contributed by atoms with Gasteiger partial charge in [-0.2, -0.15) is 0 Å². The summed E-state index contributed by atoms with van der Waals surface area (Å²) in [6, 6.07) is 2.73. The molecule has 0 aliphatic heterocycles. The fraction of sp³-hybridized carbons (Fsp3) is 0.750. The molecule has 0 aromatic carbocycles. The minimum atomic E-state index is 0.541. The number of halogens is 1. The minimum absolute atomic E-state index is 0.541. The van der Waals surface area contributed by atoms with E-state index in [0.29, 0.717) is 6.04 Å². The topological polar surface area (TPSA) is 12.0 Å². The van der Waals surface area contributed by atoms with Crippen LogP contribution in [0.15, 0.2) is 15.9 Å². The molecule has 1 aliphatic carbocycles. The SMILES string of the molecule is CCCNC(c1sccc1Br)C1CC(C)CC(C)C1. The summed E-state index contributed by atoms with van der Waals surface area (Å²) in [4.78, 5) is 1.50. The monoisotopic (exact) mass is 343 g/mol. The molecule has 0 amide bonds. The van der Waals surface area contributed by atoms with Crippen molar-refractivity contribution in [1.82, 2.24) is 5.32 Å². The molecule has 1 heterocycles. The molecule has 1 N–H and O–H groups in total. The molecule has 1 nitrogen and oxygen atoms in total. The Morgan fingerprint density at radius 1 is 1.32 bits per heavy atom. The second-order valence-electron chi connectivity index (χ2n) is 6.24. The van der Waals surface area contributed by atoms with Crippen LogP contribution in [0.5, 0.6) is 0 Å². The zero-order chi connectivity index (χ0) is 13.8. The third kappa shape index (κ3) is 4.05. The maximum absolute atomic E-state index is 3.80. The lowest BCUT2D eigenvalue weighted by molar-refractivity contribution is 0.178. The van der Waals surface area contributed by atoms with Crippen LogP contribution in [0.1, 0.15) is 57.4 Å². The Hall–Kier alpha value is 0.140. The standard InChI is InChI=1S/C16H26BrNS/c1-4-6-18-15(16-14(17)5-7-19-16)13-9-11(2)8-12(3)10-13/h5,7,11-13,15,18H,4,6,8-10H2,1-3H3. The maximum Gasteiger partial charge on any atom is 0.0455 e. The van der Waals surface area contributed by atoms with Crippen molar-refractivity contribution >= 4 is 27.3 Å². The lowest BCUT2D eigenvalue weighted by Crippen LogP contribution is -2.33. The summed E-state index contributed by atoms with van der Waals surface area (Å²) in [5, 5.41) is 6.01. The summed E-state index contributed by atoms with van der Waals surface area (Å²) in [6.07, 6.45) is 5.35. The molecule has 108 valence electrons. The van der Waals surface area contributed by atoms with Gasteiger partial charge in [0.25, 0.3) is 0 Å². The minimum Gasteiger partial charge on any atom is -0.309 e. The van der Waals surface area contributed by atoms with Crippen molar-refractivity contribution in [2.75, 3.05) is 6.54 Å². The van der Waals surface area contributed by atoms with Crippen molar-refractivity contribution in [1.29, 1.82) is 0 Å². The van der Waals surface area contributed by atoms with Gasteiger partial charge in [-0.15, -0.1) is 11.3 Å². The Kier molecular flexibility index (Phi) is 5.91. The summed E-state index contributed by atoms with van der Waals surface area (Å²) in [5.74, 6) is 2.54. The zero-order valence-electron chi connectivity index (χ0n) is 12.3. The molecule has 1 saturated carbocycles. The largest absolute Gasteiger partial charge is 0.309 e. The Bertz CT molecular complexity index is 380. The van der Waals surface area contributed by atoms with Gasteiger partial charge in [0.15, 0.2) is 0 Å². The fourth-order valence-corrected chi connectivity index (χ4v) is 5.37. The number of rotatable bonds is 5. The van der Waals surface area contributed by atoms with Crippen LogP contribution in [0.2, 0.25) is 0 Å². The Morgan fingerprint density at radius 3 is 2.53 bits per heavy atom. The van der Waals surface area contributed by atoms with Crippen LogP contribution in [-0.2, 0) is 0 Å². The molecule has 1 aromatic heterocycles. The van der Waals surface area contributed by atoms with Crippen molar-refractivity contribution in [3.63, 3.8) is 0 Å². The fourth-order valence-electron chi connectivity index (χ4n) is 3.58. The maximum atomic E-state index is 3.80. The normalized spacial score (nSPS) is 29.4. The summed E-state index contributed by atoms with van der Waals surface area (Å²) in [5.41, 5.74) is 0. The van der Waals surface area contributed by atoms with Gasteiger partial charge in [-0.25, -0.2) is 0 Å². The van der Waals surface area contributed by atoms with Crippen molar-refractivity contribution < 1.29 is 0 Å². The summed E-state index contributed by atoms with van der Waals surface area (Å²) in [6.45, 7) is 8.21. The van der Waals surface area contributed by atoms with Crippen LogP contribution in [0.4, 0.5) is 0 Å². The number of hydrogen-bond acceptors (Lipinski definition) is 2. The molecule has 19 heavy (non-hydrogen) atoms. The van der Waals surface area contributed by atoms with Gasteiger partial charge < -0.3 is 5.32 Å². The van der Waals surface area contributed by atoms with E-state index in [1.54, 1.807) is 0 Å². The lowest BCUT2D eigenvalue weighted by Gasteiger charge is -2.37. The van der Waals surface area contributed by atoms with Gasteiger partial charge in [0.05, 0.1) is 0 Å². The summed E-state index contributed by atoms with van der Waals surface area (Å²) in [7, 11) is 0. The molecule has 1 fully saturated rings. The van der Waals surface area contributed by atoms with Crippen LogP contribution >= 0.6 is 27.3 Å². The highest BCUT2D eigenvalue weighted by Crippen LogP contribution is 2.43. The van der Waals surface area contributed by atoms with E-state index in [4.69, 9.17) is 0 Å². The van der Waals surface area contributed by atoms with E-state index in [1.807, 2.05) is 11.3 Å². The first-order chi connectivity index (χ1) is 9.11. The molecule has 1 aliphatic rings. The molecule has 0 spiro atoms. The van der Waals surface area contributed by atoms with Crippen molar-refractivity contribution in [2.45, 2.75) is 52.5 Å². The third-order valence-corrected chi connectivity index (χ3v) is 6.18. The molecule has 0 saturated heterocycles. The van der Waals surface area contributed by atoms with Crippen LogP contribution in [0.3, 0.4) is 0 Å². The van der Waals surface area contributed by atoms with Crippen LogP contribution < -0.4 is 5.32 Å². The van der Waals surface area contributed by atoms with Gasteiger partial charge in [-0.05, 0) is 77.4 Å². The van der Waals surface area contributed by atoms with Crippen LogP contribution in [0, 0.1) is 17.8 Å². The average molecular weight is 344 g/mol. The predicted molar refractivity (Wildman–Crippen MR) is 88.7 cm³/mol. The number of thiophene rings is 1. The first-order valence-corrected chi connectivity index (χ1v) is 9.25. The van der Waals surface area contributed by atoms with Gasteiger partial charge >= 0.3 is 0 Å². The molecule has 3 unspecified atom stereocenters. The van der Waals surface area contributed by atoms with Crippen LogP contribution in [-0.4, -0.2) is 6.54 Å². The highest BCUT2D eigenvalue weighted by Gasteiger charge is 2.31. The summed E-state index contributed by atoms with van der Waals surface area (Å²) >= 11 is 5.62. The second kappa shape index (κ2) is 7.24. The van der Waals surface area contributed by atoms with E-state index < -0.39 is 0 Å². The van der Waals surface area contributed by atoms with E-state index in [1.165, 1.54) is 35.0 Å². The molecule has 3 heteroatoms. The second-order valence-corrected chi connectivity index (χ2v) is 8.04. The number of hydrogen-bond donors (Lipinski definition) is 1. The first-order valence-electron chi connectivity index (χ1n) is 7.58. The van der Waals surface area contributed by atoms with Crippen LogP contribution in [0.25, 0.3) is 0 Å². The van der Waals surface area contributed by atoms with Gasteiger partial charge in [0, 0.05) is 15.4 Å². The van der Waals surface area contributed by atoms with E-state index in [-0.39, 0.29) is 0 Å². The molecule has 0 radical (unpaired) electrons. The average Bonchev–Trinajstić information content (AvgIpc) is 2.75. The molecular weight excluding hydrogens is 318 g/mol.